The van der Waals surface area contributed by atoms with Crippen molar-refractivity contribution < 1.29 is 14.7 Å². The van der Waals surface area contributed by atoms with Crippen molar-refractivity contribution in [3.05, 3.63) is 70.8 Å². The lowest BCUT2D eigenvalue weighted by atomic mass is 9.76. The highest BCUT2D eigenvalue weighted by atomic mass is 16.4. The molecule has 110 valence electrons. The molecule has 0 bridgehead atoms. The average molecular weight is 293 g/mol. The number of hydrogen-bond donors (Lipinski definition) is 1. The quantitative estimate of drug-likeness (QED) is 0.879. The standard InChI is InChI=1S/C18H15NO3/c20-17-14-8-4-3-7-13(14)15(18(21)22)16-12-6-2-1-5-11(12)9-10-19(16)17/h1-8,15-16H,9-10H2,(H,21,22). The molecule has 0 aromatic heterocycles. The summed E-state index contributed by atoms with van der Waals surface area (Å²) in [6.07, 6.45) is 0.771. The lowest BCUT2D eigenvalue weighted by Crippen LogP contribution is -2.48. The molecule has 2 aliphatic heterocycles. The Morgan fingerprint density at radius 1 is 1.05 bits per heavy atom. The van der Waals surface area contributed by atoms with E-state index in [-0.39, 0.29) is 5.91 Å². The van der Waals surface area contributed by atoms with Crippen LogP contribution in [0.5, 0.6) is 0 Å². The molecule has 2 aliphatic rings. The van der Waals surface area contributed by atoms with Gasteiger partial charge in [-0.25, -0.2) is 0 Å². The summed E-state index contributed by atoms with van der Waals surface area (Å²) in [6, 6.07) is 14.5. The van der Waals surface area contributed by atoms with Crippen molar-refractivity contribution in [2.45, 2.75) is 18.4 Å². The minimum atomic E-state index is -0.883. The van der Waals surface area contributed by atoms with Crippen LogP contribution >= 0.6 is 0 Å². The molecule has 2 unspecified atom stereocenters. The van der Waals surface area contributed by atoms with Gasteiger partial charge in [-0.15, -0.1) is 0 Å². The lowest BCUT2D eigenvalue weighted by Gasteiger charge is -2.44. The zero-order valence-electron chi connectivity index (χ0n) is 11.9. The van der Waals surface area contributed by atoms with Crippen LogP contribution in [0.1, 0.15) is 39.0 Å². The molecule has 22 heavy (non-hydrogen) atoms. The van der Waals surface area contributed by atoms with Crippen molar-refractivity contribution in [1.82, 2.24) is 4.90 Å². The van der Waals surface area contributed by atoms with E-state index >= 15 is 0 Å². The highest BCUT2D eigenvalue weighted by Crippen LogP contribution is 2.45. The Morgan fingerprint density at radius 2 is 1.73 bits per heavy atom. The Morgan fingerprint density at radius 3 is 2.50 bits per heavy atom. The van der Waals surface area contributed by atoms with Gasteiger partial charge in [0.25, 0.3) is 5.91 Å². The molecule has 1 amide bonds. The maximum absolute atomic E-state index is 12.8. The van der Waals surface area contributed by atoms with E-state index < -0.39 is 17.9 Å². The van der Waals surface area contributed by atoms with Crippen molar-refractivity contribution in [3.63, 3.8) is 0 Å². The van der Waals surface area contributed by atoms with E-state index in [9.17, 15) is 14.7 Å². The first-order chi connectivity index (χ1) is 10.7. The van der Waals surface area contributed by atoms with Gasteiger partial charge in [-0.2, -0.15) is 0 Å². The molecular formula is C18H15NO3. The number of hydrogen-bond acceptors (Lipinski definition) is 2. The third-order valence-corrected chi connectivity index (χ3v) is 4.70. The molecule has 0 aliphatic carbocycles. The first kappa shape index (κ1) is 13.1. The predicted octanol–water partition coefficient (Wildman–Crippen LogP) is 2.61. The van der Waals surface area contributed by atoms with Crippen LogP contribution < -0.4 is 0 Å². The van der Waals surface area contributed by atoms with E-state index in [1.54, 1.807) is 29.2 Å². The van der Waals surface area contributed by atoms with E-state index in [1.807, 2.05) is 24.3 Å². The van der Waals surface area contributed by atoms with Gasteiger partial charge in [0.05, 0.1) is 6.04 Å². The Balaban J connectivity index is 1.97. The smallest absolute Gasteiger partial charge is 0.313 e. The van der Waals surface area contributed by atoms with Gasteiger partial charge in [0.15, 0.2) is 0 Å². The molecule has 0 saturated heterocycles. The highest BCUT2D eigenvalue weighted by molar-refractivity contribution is 6.00. The van der Waals surface area contributed by atoms with Crippen LogP contribution in [0.15, 0.2) is 48.5 Å². The molecule has 0 fully saturated rings. The summed E-state index contributed by atoms with van der Waals surface area (Å²) in [7, 11) is 0. The van der Waals surface area contributed by atoms with Crippen LogP contribution in [0.2, 0.25) is 0 Å². The molecule has 2 atom stereocenters. The van der Waals surface area contributed by atoms with E-state index in [0.717, 1.165) is 17.5 Å². The Kier molecular flexibility index (Phi) is 2.79. The maximum atomic E-state index is 12.8. The van der Waals surface area contributed by atoms with Crippen LogP contribution in [0.3, 0.4) is 0 Å². The van der Waals surface area contributed by atoms with E-state index in [1.165, 1.54) is 0 Å². The number of fused-ring (bicyclic) bond motifs is 4. The number of carbonyl (C=O) groups is 2. The fourth-order valence-corrected chi connectivity index (χ4v) is 3.74. The van der Waals surface area contributed by atoms with Crippen LogP contribution in [0.4, 0.5) is 0 Å². The van der Waals surface area contributed by atoms with Crippen molar-refractivity contribution >= 4 is 11.9 Å². The molecule has 4 heteroatoms. The third-order valence-electron chi connectivity index (χ3n) is 4.70. The Bertz CT molecular complexity index is 783. The van der Waals surface area contributed by atoms with Gasteiger partial charge >= 0.3 is 5.97 Å². The molecule has 2 aromatic rings. The van der Waals surface area contributed by atoms with Crippen molar-refractivity contribution in [3.8, 4) is 0 Å². The molecular weight excluding hydrogens is 278 g/mol. The summed E-state index contributed by atoms with van der Waals surface area (Å²) in [5, 5.41) is 9.80. The SMILES string of the molecule is O=C(O)C1c2ccccc2C(=O)N2CCc3ccccc3C12. The molecule has 1 N–H and O–H groups in total. The molecule has 2 aromatic carbocycles. The number of benzene rings is 2. The van der Waals surface area contributed by atoms with Gasteiger partial charge in [-0.05, 0) is 29.2 Å². The van der Waals surface area contributed by atoms with E-state index in [2.05, 4.69) is 0 Å². The molecule has 2 heterocycles. The minimum Gasteiger partial charge on any atom is -0.481 e. The van der Waals surface area contributed by atoms with Crippen LogP contribution in [-0.2, 0) is 11.2 Å². The lowest BCUT2D eigenvalue weighted by molar-refractivity contribution is -0.140. The predicted molar refractivity (Wildman–Crippen MR) is 80.7 cm³/mol. The van der Waals surface area contributed by atoms with Gasteiger partial charge in [-0.3, -0.25) is 9.59 Å². The number of nitrogens with zero attached hydrogens (tertiary/aromatic N) is 1. The number of carbonyl (C=O) groups excluding carboxylic acids is 1. The zero-order valence-corrected chi connectivity index (χ0v) is 11.9. The first-order valence-electron chi connectivity index (χ1n) is 7.39. The second kappa shape index (κ2) is 4.70. The number of amides is 1. The molecule has 0 saturated carbocycles. The summed E-state index contributed by atoms with van der Waals surface area (Å²) >= 11 is 0. The van der Waals surface area contributed by atoms with Crippen LogP contribution in [0, 0.1) is 0 Å². The first-order valence-corrected chi connectivity index (χ1v) is 7.39. The number of carboxylic acid groups (broad SMARTS) is 1. The summed E-state index contributed by atoms with van der Waals surface area (Å²) < 4.78 is 0. The molecule has 4 rings (SSSR count). The molecule has 0 radical (unpaired) electrons. The van der Waals surface area contributed by atoms with E-state index in [4.69, 9.17) is 0 Å². The van der Waals surface area contributed by atoms with Gasteiger partial charge in [0.1, 0.15) is 5.92 Å². The summed E-state index contributed by atoms with van der Waals surface area (Å²) in [6.45, 7) is 0.568. The second-order valence-electron chi connectivity index (χ2n) is 5.80. The second-order valence-corrected chi connectivity index (χ2v) is 5.80. The summed E-state index contributed by atoms with van der Waals surface area (Å²) in [5.74, 6) is -1.66. The van der Waals surface area contributed by atoms with Crippen molar-refractivity contribution in [1.29, 1.82) is 0 Å². The number of carboxylic acids is 1. The van der Waals surface area contributed by atoms with Gasteiger partial charge in [-0.1, -0.05) is 42.5 Å². The number of aliphatic carboxylic acids is 1. The molecule has 4 nitrogen and oxygen atoms in total. The van der Waals surface area contributed by atoms with Crippen molar-refractivity contribution in [2.24, 2.45) is 0 Å². The number of rotatable bonds is 1. The fourth-order valence-electron chi connectivity index (χ4n) is 3.74. The van der Waals surface area contributed by atoms with Gasteiger partial charge in [0, 0.05) is 12.1 Å². The van der Waals surface area contributed by atoms with Gasteiger partial charge < -0.3 is 10.0 Å². The fraction of sp³-hybridized carbons (Fsp3) is 0.222. The average Bonchev–Trinajstić information content (AvgIpc) is 2.54. The Hall–Kier alpha value is -2.62. The topological polar surface area (TPSA) is 57.6 Å². The summed E-state index contributed by atoms with van der Waals surface area (Å²) in [5.41, 5.74) is 3.25. The monoisotopic (exact) mass is 293 g/mol. The third kappa shape index (κ3) is 1.70. The minimum absolute atomic E-state index is 0.0624. The van der Waals surface area contributed by atoms with Crippen LogP contribution in [0.25, 0.3) is 0 Å². The van der Waals surface area contributed by atoms with Crippen molar-refractivity contribution in [2.75, 3.05) is 6.54 Å². The highest BCUT2D eigenvalue weighted by Gasteiger charge is 2.46. The van der Waals surface area contributed by atoms with Gasteiger partial charge in [0.2, 0.25) is 0 Å². The van der Waals surface area contributed by atoms with Crippen LogP contribution in [-0.4, -0.2) is 28.4 Å². The largest absolute Gasteiger partial charge is 0.481 e. The Labute approximate surface area is 128 Å². The maximum Gasteiger partial charge on any atom is 0.313 e. The normalized spacial score (nSPS) is 22.5. The molecule has 0 spiro atoms. The van der Waals surface area contributed by atoms with E-state index in [0.29, 0.717) is 17.7 Å². The summed E-state index contributed by atoms with van der Waals surface area (Å²) in [4.78, 5) is 26.4. The zero-order chi connectivity index (χ0) is 15.3.